The Kier molecular flexibility index (Phi) is 7.27. The van der Waals surface area contributed by atoms with Crippen LogP contribution in [0.4, 0.5) is 0 Å². The fourth-order valence-corrected chi connectivity index (χ4v) is 4.51. The van der Waals surface area contributed by atoms with E-state index in [-0.39, 0.29) is 0 Å². The average Bonchev–Trinajstić information content (AvgIpc) is 2.68. The van der Waals surface area contributed by atoms with Crippen molar-refractivity contribution in [2.75, 3.05) is 39.5 Å². The van der Waals surface area contributed by atoms with Gasteiger partial charge in [-0.2, -0.15) is 0 Å². The molecule has 0 saturated carbocycles. The molecule has 4 nitrogen and oxygen atoms in total. The molecule has 0 aromatic heterocycles. The van der Waals surface area contributed by atoms with Crippen molar-refractivity contribution < 1.29 is 8.42 Å². The summed E-state index contributed by atoms with van der Waals surface area (Å²) in [5.41, 5.74) is 2.54. The first-order chi connectivity index (χ1) is 13.4. The Bertz CT molecular complexity index is 827. The van der Waals surface area contributed by atoms with Crippen LogP contribution in [0.5, 0.6) is 0 Å². The summed E-state index contributed by atoms with van der Waals surface area (Å²) < 4.78 is 23.4. The lowest BCUT2D eigenvalue weighted by atomic mass is 9.96. The Morgan fingerprint density at radius 3 is 2.21 bits per heavy atom. The molecule has 5 heteroatoms. The highest BCUT2D eigenvalue weighted by molar-refractivity contribution is 7.90. The van der Waals surface area contributed by atoms with Gasteiger partial charge in [-0.1, -0.05) is 42.5 Å². The largest absolute Gasteiger partial charge is 0.306 e. The van der Waals surface area contributed by atoms with Gasteiger partial charge in [-0.25, -0.2) is 8.42 Å². The minimum absolute atomic E-state index is 0.391. The highest BCUT2D eigenvalue weighted by atomic mass is 32.2. The van der Waals surface area contributed by atoms with Crippen LogP contribution in [0.15, 0.2) is 59.5 Å². The van der Waals surface area contributed by atoms with Gasteiger partial charge in [-0.05, 0) is 68.6 Å². The van der Waals surface area contributed by atoms with Crippen LogP contribution in [0.2, 0.25) is 0 Å². The molecule has 0 spiro atoms. The quantitative estimate of drug-likeness (QED) is 0.680. The molecular formula is C23H32N2O2S. The number of rotatable bonds is 8. The van der Waals surface area contributed by atoms with Gasteiger partial charge in [-0.15, -0.1) is 0 Å². The average molecular weight is 401 g/mol. The molecule has 1 heterocycles. The second-order valence-corrected chi connectivity index (χ2v) is 10.1. The molecule has 0 atom stereocenters. The van der Waals surface area contributed by atoms with Crippen molar-refractivity contribution in [1.82, 2.24) is 9.80 Å². The lowest BCUT2D eigenvalue weighted by molar-refractivity contribution is 0.157. The van der Waals surface area contributed by atoms with Crippen LogP contribution in [0.1, 0.15) is 24.0 Å². The minimum atomic E-state index is -3.14. The van der Waals surface area contributed by atoms with Crippen LogP contribution in [-0.2, 0) is 22.8 Å². The van der Waals surface area contributed by atoms with Crippen LogP contribution in [0.3, 0.4) is 0 Å². The maximum atomic E-state index is 11.7. The van der Waals surface area contributed by atoms with E-state index in [0.29, 0.717) is 4.90 Å². The first kappa shape index (κ1) is 21.0. The van der Waals surface area contributed by atoms with Gasteiger partial charge in [0.05, 0.1) is 4.90 Å². The Hall–Kier alpha value is -1.69. The molecule has 0 aliphatic carbocycles. The van der Waals surface area contributed by atoms with Crippen molar-refractivity contribution in [2.45, 2.75) is 30.7 Å². The van der Waals surface area contributed by atoms with E-state index in [0.717, 1.165) is 32.0 Å². The predicted molar refractivity (Wildman–Crippen MR) is 115 cm³/mol. The second-order valence-electron chi connectivity index (χ2n) is 8.13. The van der Waals surface area contributed by atoms with Gasteiger partial charge < -0.3 is 4.90 Å². The molecule has 1 aliphatic heterocycles. The van der Waals surface area contributed by atoms with Gasteiger partial charge in [0.1, 0.15) is 0 Å². The Balaban J connectivity index is 1.65. The zero-order chi connectivity index (χ0) is 20.0. The van der Waals surface area contributed by atoms with Crippen LogP contribution >= 0.6 is 0 Å². The topological polar surface area (TPSA) is 40.6 Å². The molecule has 0 bridgehead atoms. The molecule has 152 valence electrons. The van der Waals surface area contributed by atoms with Crippen LogP contribution in [-0.4, -0.2) is 57.7 Å². The summed E-state index contributed by atoms with van der Waals surface area (Å²) in [7, 11) is -0.939. The lowest BCUT2D eigenvalue weighted by Gasteiger charge is -2.33. The van der Waals surface area contributed by atoms with E-state index in [4.69, 9.17) is 0 Å². The second kappa shape index (κ2) is 9.68. The molecule has 1 fully saturated rings. The van der Waals surface area contributed by atoms with Crippen LogP contribution in [0, 0.1) is 5.92 Å². The van der Waals surface area contributed by atoms with Crippen molar-refractivity contribution in [1.29, 1.82) is 0 Å². The number of benzene rings is 2. The highest BCUT2D eigenvalue weighted by Gasteiger charge is 2.20. The molecule has 28 heavy (non-hydrogen) atoms. The molecule has 0 amide bonds. The Morgan fingerprint density at radius 2 is 1.61 bits per heavy atom. The maximum absolute atomic E-state index is 11.7. The van der Waals surface area contributed by atoms with Gasteiger partial charge in [0.2, 0.25) is 0 Å². The van der Waals surface area contributed by atoms with Gasteiger partial charge >= 0.3 is 0 Å². The molecule has 1 saturated heterocycles. The number of likely N-dealkylation sites (tertiary alicyclic amines) is 1. The lowest BCUT2D eigenvalue weighted by Crippen LogP contribution is -2.37. The van der Waals surface area contributed by atoms with Crippen molar-refractivity contribution in [3.8, 4) is 0 Å². The number of hydrogen-bond donors (Lipinski definition) is 0. The summed E-state index contributed by atoms with van der Waals surface area (Å²) in [4.78, 5) is 5.34. The van der Waals surface area contributed by atoms with Gasteiger partial charge in [0.15, 0.2) is 9.84 Å². The molecule has 0 N–H and O–H groups in total. The van der Waals surface area contributed by atoms with E-state index in [1.165, 1.54) is 43.3 Å². The third-order valence-corrected chi connectivity index (χ3v) is 6.80. The normalized spacial score (nSPS) is 16.5. The standard InChI is InChI=1S/C23H32N2O2S/c1-24-15-12-22(13-16-24)19-25(17-14-20-6-4-3-5-7-20)18-21-8-10-23(11-9-21)28(2,26)27/h3-11,22H,12-19H2,1-2H3. The maximum Gasteiger partial charge on any atom is 0.175 e. The van der Waals surface area contributed by atoms with Crippen LogP contribution in [0.25, 0.3) is 0 Å². The monoisotopic (exact) mass is 400 g/mol. The highest BCUT2D eigenvalue weighted by Crippen LogP contribution is 2.20. The predicted octanol–water partition coefficient (Wildman–Crippen LogP) is 3.48. The van der Waals surface area contributed by atoms with Gasteiger partial charge in [-0.3, -0.25) is 4.90 Å². The summed E-state index contributed by atoms with van der Waals surface area (Å²) in [5.74, 6) is 0.738. The van der Waals surface area contributed by atoms with Gasteiger partial charge in [0.25, 0.3) is 0 Å². The fraction of sp³-hybridized carbons (Fsp3) is 0.478. The summed E-state index contributed by atoms with van der Waals surface area (Å²) in [5, 5.41) is 0. The molecule has 0 unspecified atom stereocenters. The van der Waals surface area contributed by atoms with Gasteiger partial charge in [0, 0.05) is 25.9 Å². The summed E-state index contributed by atoms with van der Waals surface area (Å²) in [6, 6.07) is 18.0. The number of nitrogens with zero attached hydrogens (tertiary/aromatic N) is 2. The SMILES string of the molecule is CN1CCC(CN(CCc2ccccc2)Cc2ccc(S(C)(=O)=O)cc2)CC1. The van der Waals surface area contributed by atoms with E-state index in [1.54, 1.807) is 12.1 Å². The third kappa shape index (κ3) is 6.43. The Morgan fingerprint density at radius 1 is 0.964 bits per heavy atom. The van der Waals surface area contributed by atoms with E-state index >= 15 is 0 Å². The minimum Gasteiger partial charge on any atom is -0.306 e. The molecule has 2 aromatic carbocycles. The third-order valence-electron chi connectivity index (χ3n) is 5.67. The summed E-state index contributed by atoms with van der Waals surface area (Å²) >= 11 is 0. The van der Waals surface area contributed by atoms with Crippen molar-refractivity contribution in [3.05, 3.63) is 65.7 Å². The zero-order valence-corrected chi connectivity index (χ0v) is 17.9. The first-order valence-electron chi connectivity index (χ1n) is 10.1. The summed E-state index contributed by atoms with van der Waals surface area (Å²) in [6.07, 6.45) is 4.81. The van der Waals surface area contributed by atoms with Crippen molar-refractivity contribution in [2.24, 2.45) is 5.92 Å². The first-order valence-corrected chi connectivity index (χ1v) is 12.0. The molecule has 3 rings (SSSR count). The smallest absolute Gasteiger partial charge is 0.175 e. The van der Waals surface area contributed by atoms with E-state index < -0.39 is 9.84 Å². The molecular weight excluding hydrogens is 368 g/mol. The molecule has 2 aromatic rings. The molecule has 0 radical (unpaired) electrons. The summed E-state index contributed by atoms with van der Waals surface area (Å²) in [6.45, 7) is 5.35. The fourth-order valence-electron chi connectivity index (χ4n) is 3.88. The van der Waals surface area contributed by atoms with E-state index in [2.05, 4.69) is 47.2 Å². The number of hydrogen-bond acceptors (Lipinski definition) is 4. The molecule has 1 aliphatic rings. The Labute approximate surface area is 170 Å². The van der Waals surface area contributed by atoms with Crippen molar-refractivity contribution in [3.63, 3.8) is 0 Å². The zero-order valence-electron chi connectivity index (χ0n) is 17.0. The number of sulfone groups is 1. The van der Waals surface area contributed by atoms with Crippen LogP contribution < -0.4 is 0 Å². The number of piperidine rings is 1. The van der Waals surface area contributed by atoms with E-state index in [9.17, 15) is 8.42 Å². The van der Waals surface area contributed by atoms with Crippen molar-refractivity contribution >= 4 is 9.84 Å². The van der Waals surface area contributed by atoms with E-state index in [1.807, 2.05) is 12.1 Å².